The molecule has 40 heavy (non-hydrogen) atoms. The maximum Gasteiger partial charge on any atom is 0.323 e. The Balaban J connectivity index is 1.22. The molecule has 0 saturated carbocycles. The number of hydrogen-bond acceptors (Lipinski definition) is 10. The third kappa shape index (κ3) is 6.59. The smallest absolute Gasteiger partial charge is 0.323 e. The Morgan fingerprint density at radius 1 is 0.825 bits per heavy atom. The molecule has 0 spiro atoms. The molecule has 2 aliphatic heterocycles. The number of carbonyl (C=O) groups is 1. The second-order valence-electron chi connectivity index (χ2n) is 9.43. The van der Waals surface area contributed by atoms with Crippen molar-refractivity contribution in [3.63, 3.8) is 0 Å². The number of ether oxygens (including phenoxy) is 2. The Morgan fingerprint density at radius 3 is 2.30 bits per heavy atom. The van der Waals surface area contributed by atoms with Crippen LogP contribution in [0, 0.1) is 0 Å². The van der Waals surface area contributed by atoms with Gasteiger partial charge in [0.15, 0.2) is 11.6 Å². The average Bonchev–Trinajstić information content (AvgIpc) is 3.47. The predicted octanol–water partition coefficient (Wildman–Crippen LogP) is 3.97. The highest BCUT2D eigenvalue weighted by molar-refractivity contribution is 7.15. The molecular formula is C28H30N8O3S. The lowest BCUT2D eigenvalue weighted by Gasteiger charge is -2.27. The van der Waals surface area contributed by atoms with Gasteiger partial charge in [-0.2, -0.15) is 9.97 Å². The largest absolute Gasteiger partial charge is 0.379 e. The molecule has 11 nitrogen and oxygen atoms in total. The Bertz CT molecular complexity index is 1420. The third-order valence-electron chi connectivity index (χ3n) is 6.60. The first kappa shape index (κ1) is 26.3. The summed E-state index contributed by atoms with van der Waals surface area (Å²) in [6.45, 7) is 7.07. The van der Waals surface area contributed by atoms with Crippen LogP contribution >= 0.6 is 11.3 Å². The van der Waals surface area contributed by atoms with Crippen molar-refractivity contribution in [3.05, 3.63) is 65.8 Å². The summed E-state index contributed by atoms with van der Waals surface area (Å²) in [6, 6.07) is 14.9. The lowest BCUT2D eigenvalue weighted by Crippen LogP contribution is -2.37. The Hall–Kier alpha value is -3.97. The molecule has 5 heterocycles. The molecule has 0 bridgehead atoms. The Kier molecular flexibility index (Phi) is 8.19. The van der Waals surface area contributed by atoms with E-state index in [2.05, 4.69) is 37.6 Å². The molecule has 0 atom stereocenters. The summed E-state index contributed by atoms with van der Waals surface area (Å²) in [6.07, 6.45) is 3.24. The van der Waals surface area contributed by atoms with Crippen molar-refractivity contribution < 1.29 is 14.3 Å². The van der Waals surface area contributed by atoms with Crippen LogP contribution in [-0.4, -0.2) is 83.5 Å². The average molecular weight is 559 g/mol. The number of rotatable bonds is 7. The molecule has 6 rings (SSSR count). The van der Waals surface area contributed by atoms with Gasteiger partial charge in [-0.3, -0.25) is 9.88 Å². The van der Waals surface area contributed by atoms with E-state index < -0.39 is 0 Å². The molecular weight excluding hydrogens is 528 g/mol. The van der Waals surface area contributed by atoms with Crippen LogP contribution < -0.4 is 15.5 Å². The SMILES string of the molecule is O=C(Nc1ccc(-c2nc(-c3ccc(CN4CCOCC4)s3)nc(N3CCOCC3)n2)cc1)Nc1cccnc1. The molecule has 2 N–H and O–H groups in total. The highest BCUT2D eigenvalue weighted by atomic mass is 32.1. The number of anilines is 3. The summed E-state index contributed by atoms with van der Waals surface area (Å²) in [4.78, 5) is 37.8. The molecule has 2 saturated heterocycles. The van der Waals surface area contributed by atoms with Gasteiger partial charge in [-0.25, -0.2) is 9.78 Å². The number of morpholine rings is 2. The van der Waals surface area contributed by atoms with Gasteiger partial charge in [0.25, 0.3) is 0 Å². The van der Waals surface area contributed by atoms with E-state index in [9.17, 15) is 4.79 Å². The molecule has 1 aromatic carbocycles. The van der Waals surface area contributed by atoms with E-state index in [0.717, 1.165) is 56.4 Å². The maximum atomic E-state index is 12.4. The molecule has 206 valence electrons. The number of amides is 2. The van der Waals surface area contributed by atoms with Crippen LogP contribution in [0.5, 0.6) is 0 Å². The lowest BCUT2D eigenvalue weighted by atomic mass is 10.2. The van der Waals surface area contributed by atoms with E-state index in [4.69, 9.17) is 24.4 Å². The fraction of sp³-hybridized carbons (Fsp3) is 0.321. The van der Waals surface area contributed by atoms with Crippen LogP contribution in [0.25, 0.3) is 22.1 Å². The number of carbonyl (C=O) groups excluding carboxylic acids is 1. The molecule has 12 heteroatoms. The second-order valence-corrected chi connectivity index (χ2v) is 10.6. The summed E-state index contributed by atoms with van der Waals surface area (Å²) in [7, 11) is 0. The molecule has 0 radical (unpaired) electrons. The summed E-state index contributed by atoms with van der Waals surface area (Å²) in [5.41, 5.74) is 2.10. The van der Waals surface area contributed by atoms with Crippen LogP contribution in [0.15, 0.2) is 60.9 Å². The van der Waals surface area contributed by atoms with Crippen LogP contribution in [0.1, 0.15) is 4.88 Å². The van der Waals surface area contributed by atoms with E-state index in [1.54, 1.807) is 35.9 Å². The number of urea groups is 1. The minimum atomic E-state index is -0.344. The minimum Gasteiger partial charge on any atom is -0.379 e. The molecule has 2 amide bonds. The number of thiophene rings is 1. The van der Waals surface area contributed by atoms with E-state index in [1.165, 1.54) is 4.88 Å². The molecule has 0 aliphatic carbocycles. The highest BCUT2D eigenvalue weighted by Gasteiger charge is 2.19. The molecule has 2 aliphatic rings. The summed E-state index contributed by atoms with van der Waals surface area (Å²) in [5, 5.41) is 5.61. The zero-order valence-corrected chi connectivity index (χ0v) is 22.8. The van der Waals surface area contributed by atoms with Gasteiger partial charge in [0.05, 0.1) is 43.2 Å². The van der Waals surface area contributed by atoms with Gasteiger partial charge in [0.1, 0.15) is 0 Å². The first-order valence-electron chi connectivity index (χ1n) is 13.3. The van der Waals surface area contributed by atoms with E-state index >= 15 is 0 Å². The number of aromatic nitrogens is 4. The van der Waals surface area contributed by atoms with Gasteiger partial charge < -0.3 is 25.0 Å². The Morgan fingerprint density at radius 2 is 1.55 bits per heavy atom. The molecule has 0 unspecified atom stereocenters. The first-order chi connectivity index (χ1) is 19.7. The summed E-state index contributed by atoms with van der Waals surface area (Å²) < 4.78 is 11.0. The normalized spacial score (nSPS) is 16.1. The van der Waals surface area contributed by atoms with E-state index in [-0.39, 0.29) is 6.03 Å². The predicted molar refractivity (Wildman–Crippen MR) is 155 cm³/mol. The van der Waals surface area contributed by atoms with Gasteiger partial charge in [-0.05, 0) is 48.5 Å². The van der Waals surface area contributed by atoms with Crippen LogP contribution in [0.2, 0.25) is 0 Å². The highest BCUT2D eigenvalue weighted by Crippen LogP contribution is 2.30. The van der Waals surface area contributed by atoms with Crippen molar-refractivity contribution in [1.29, 1.82) is 0 Å². The fourth-order valence-corrected chi connectivity index (χ4v) is 5.49. The van der Waals surface area contributed by atoms with Crippen LogP contribution in [0.4, 0.5) is 22.1 Å². The van der Waals surface area contributed by atoms with E-state index in [0.29, 0.717) is 42.2 Å². The number of hydrogen-bond donors (Lipinski definition) is 2. The number of nitrogens with zero attached hydrogens (tertiary/aromatic N) is 6. The monoisotopic (exact) mass is 558 g/mol. The van der Waals surface area contributed by atoms with Gasteiger partial charge in [-0.1, -0.05) is 0 Å². The fourth-order valence-electron chi connectivity index (χ4n) is 4.50. The van der Waals surface area contributed by atoms with Crippen LogP contribution in [-0.2, 0) is 16.0 Å². The minimum absolute atomic E-state index is 0.344. The lowest BCUT2D eigenvalue weighted by molar-refractivity contribution is 0.0346. The quantitative estimate of drug-likeness (QED) is 0.347. The zero-order chi connectivity index (χ0) is 27.1. The third-order valence-corrected chi connectivity index (χ3v) is 7.67. The first-order valence-corrected chi connectivity index (χ1v) is 14.1. The maximum absolute atomic E-state index is 12.4. The van der Waals surface area contributed by atoms with Gasteiger partial charge in [0, 0.05) is 55.0 Å². The Labute approximate surface area is 236 Å². The molecule has 2 fully saturated rings. The zero-order valence-electron chi connectivity index (χ0n) is 22.0. The number of nitrogens with one attached hydrogen (secondary N) is 2. The molecule has 4 aromatic rings. The molecule has 3 aromatic heterocycles. The topological polar surface area (TPSA) is 118 Å². The number of benzene rings is 1. The van der Waals surface area contributed by atoms with Crippen molar-refractivity contribution in [1.82, 2.24) is 24.8 Å². The van der Waals surface area contributed by atoms with Crippen molar-refractivity contribution >= 4 is 34.7 Å². The van der Waals surface area contributed by atoms with E-state index in [1.807, 2.05) is 24.3 Å². The number of pyridine rings is 1. The van der Waals surface area contributed by atoms with Gasteiger partial charge in [0.2, 0.25) is 5.95 Å². The van der Waals surface area contributed by atoms with Crippen LogP contribution in [0.3, 0.4) is 0 Å². The van der Waals surface area contributed by atoms with Crippen molar-refractivity contribution in [2.45, 2.75) is 6.54 Å². The summed E-state index contributed by atoms with van der Waals surface area (Å²) in [5.74, 6) is 1.88. The van der Waals surface area contributed by atoms with Gasteiger partial charge in [-0.15, -0.1) is 11.3 Å². The standard InChI is InChI=1S/C28H30N8O3S/c37-28(31-22-2-1-9-29-18-22)30-21-5-3-20(4-6-21)25-32-26(34-27(33-25)36-12-16-39-17-13-36)24-8-7-23(40-24)19-35-10-14-38-15-11-35/h1-9,18H,10-17,19H2,(H2,30,31,37). The van der Waals surface area contributed by atoms with Crippen molar-refractivity contribution in [2.24, 2.45) is 0 Å². The van der Waals surface area contributed by atoms with Crippen molar-refractivity contribution in [3.8, 4) is 22.1 Å². The second kappa shape index (κ2) is 12.5. The van der Waals surface area contributed by atoms with Gasteiger partial charge >= 0.3 is 6.03 Å². The summed E-state index contributed by atoms with van der Waals surface area (Å²) >= 11 is 1.71. The van der Waals surface area contributed by atoms with Crippen molar-refractivity contribution in [2.75, 3.05) is 68.1 Å².